The first-order valence-electron chi connectivity index (χ1n) is 7.14. The number of nitrogens with one attached hydrogen (secondary N) is 1. The molecule has 0 fully saturated rings. The van der Waals surface area contributed by atoms with Gasteiger partial charge in [-0.25, -0.2) is 0 Å². The van der Waals surface area contributed by atoms with Crippen molar-refractivity contribution in [2.45, 2.75) is 26.3 Å². The standard InChI is InChI=1S/C17H21ClN2O/c1-4-8-20-17(13-6-5-12(2)15(18)10-13)14-7-9-19-11-16(14)21-3/h5-7,9-11,17,20H,4,8H2,1-3H3. The van der Waals surface area contributed by atoms with E-state index in [9.17, 15) is 0 Å². The number of ether oxygens (including phenoxy) is 1. The van der Waals surface area contributed by atoms with Crippen molar-refractivity contribution in [3.8, 4) is 5.75 Å². The van der Waals surface area contributed by atoms with Crippen molar-refractivity contribution in [2.24, 2.45) is 0 Å². The first kappa shape index (κ1) is 15.8. The molecular weight excluding hydrogens is 284 g/mol. The monoisotopic (exact) mass is 304 g/mol. The number of hydrogen-bond donors (Lipinski definition) is 1. The average Bonchev–Trinajstić information content (AvgIpc) is 2.51. The van der Waals surface area contributed by atoms with E-state index in [1.807, 2.05) is 25.1 Å². The molecule has 1 heterocycles. The number of hydrogen-bond acceptors (Lipinski definition) is 3. The molecule has 0 amide bonds. The molecule has 0 radical (unpaired) electrons. The van der Waals surface area contributed by atoms with Gasteiger partial charge in [-0.05, 0) is 43.1 Å². The number of rotatable bonds is 6. The minimum atomic E-state index is 0.0426. The first-order valence-corrected chi connectivity index (χ1v) is 7.52. The number of pyridine rings is 1. The van der Waals surface area contributed by atoms with Crippen LogP contribution in [0.25, 0.3) is 0 Å². The van der Waals surface area contributed by atoms with Crippen LogP contribution in [0.15, 0.2) is 36.7 Å². The van der Waals surface area contributed by atoms with E-state index in [0.29, 0.717) is 0 Å². The van der Waals surface area contributed by atoms with Crippen LogP contribution in [-0.2, 0) is 0 Å². The summed E-state index contributed by atoms with van der Waals surface area (Å²) in [6, 6.07) is 8.20. The Morgan fingerprint density at radius 3 is 2.81 bits per heavy atom. The molecule has 4 heteroatoms. The molecule has 21 heavy (non-hydrogen) atoms. The highest BCUT2D eigenvalue weighted by Crippen LogP contribution is 2.31. The third kappa shape index (κ3) is 3.74. The SMILES string of the molecule is CCCNC(c1ccc(C)c(Cl)c1)c1ccncc1OC. The predicted molar refractivity (Wildman–Crippen MR) is 87.1 cm³/mol. The number of benzene rings is 1. The van der Waals surface area contributed by atoms with Gasteiger partial charge in [0.05, 0.1) is 19.3 Å². The quantitative estimate of drug-likeness (QED) is 0.871. The van der Waals surface area contributed by atoms with Crippen molar-refractivity contribution in [3.63, 3.8) is 0 Å². The number of nitrogens with zero attached hydrogens (tertiary/aromatic N) is 1. The number of aromatic nitrogens is 1. The molecule has 0 spiro atoms. The summed E-state index contributed by atoms with van der Waals surface area (Å²) in [4.78, 5) is 4.13. The minimum absolute atomic E-state index is 0.0426. The van der Waals surface area contributed by atoms with E-state index in [4.69, 9.17) is 16.3 Å². The topological polar surface area (TPSA) is 34.2 Å². The molecular formula is C17H21ClN2O. The molecule has 1 unspecified atom stereocenters. The maximum atomic E-state index is 6.28. The van der Waals surface area contributed by atoms with Gasteiger partial charge >= 0.3 is 0 Å². The molecule has 2 rings (SSSR count). The third-order valence-corrected chi connectivity index (χ3v) is 3.88. The molecule has 0 aliphatic rings. The molecule has 0 aliphatic heterocycles. The van der Waals surface area contributed by atoms with Gasteiger partial charge in [0.15, 0.2) is 0 Å². The van der Waals surface area contributed by atoms with Crippen LogP contribution in [-0.4, -0.2) is 18.6 Å². The highest BCUT2D eigenvalue weighted by atomic mass is 35.5. The highest BCUT2D eigenvalue weighted by Gasteiger charge is 2.18. The summed E-state index contributed by atoms with van der Waals surface area (Å²) >= 11 is 6.28. The fourth-order valence-electron chi connectivity index (χ4n) is 2.28. The summed E-state index contributed by atoms with van der Waals surface area (Å²) < 4.78 is 5.45. The van der Waals surface area contributed by atoms with Gasteiger partial charge in [-0.1, -0.05) is 30.7 Å². The average molecular weight is 305 g/mol. The van der Waals surface area contributed by atoms with Crippen molar-refractivity contribution in [1.82, 2.24) is 10.3 Å². The zero-order valence-corrected chi connectivity index (χ0v) is 13.4. The smallest absolute Gasteiger partial charge is 0.142 e. The lowest BCUT2D eigenvalue weighted by atomic mass is 9.97. The van der Waals surface area contributed by atoms with Gasteiger partial charge in [-0.15, -0.1) is 0 Å². The minimum Gasteiger partial charge on any atom is -0.495 e. The second kappa shape index (κ2) is 7.43. The van der Waals surface area contributed by atoms with E-state index >= 15 is 0 Å². The number of halogens is 1. The van der Waals surface area contributed by atoms with Crippen molar-refractivity contribution >= 4 is 11.6 Å². The lowest BCUT2D eigenvalue weighted by Crippen LogP contribution is -2.23. The molecule has 1 N–H and O–H groups in total. The molecule has 112 valence electrons. The van der Waals surface area contributed by atoms with Gasteiger partial charge in [0.1, 0.15) is 5.75 Å². The molecule has 1 atom stereocenters. The largest absolute Gasteiger partial charge is 0.495 e. The molecule has 0 saturated carbocycles. The van der Waals surface area contributed by atoms with E-state index in [1.54, 1.807) is 19.5 Å². The van der Waals surface area contributed by atoms with Gasteiger partial charge in [0.25, 0.3) is 0 Å². The third-order valence-electron chi connectivity index (χ3n) is 3.48. The molecule has 0 aliphatic carbocycles. The molecule has 0 bridgehead atoms. The Hall–Kier alpha value is -1.58. The number of methoxy groups -OCH3 is 1. The second-order valence-corrected chi connectivity index (χ2v) is 5.42. The molecule has 2 aromatic rings. The van der Waals surface area contributed by atoms with Crippen LogP contribution < -0.4 is 10.1 Å². The maximum absolute atomic E-state index is 6.28. The molecule has 1 aromatic heterocycles. The maximum Gasteiger partial charge on any atom is 0.142 e. The Balaban J connectivity index is 2.44. The van der Waals surface area contributed by atoms with E-state index in [0.717, 1.165) is 40.4 Å². The summed E-state index contributed by atoms with van der Waals surface area (Å²) in [6.45, 7) is 5.07. The summed E-state index contributed by atoms with van der Waals surface area (Å²) in [5, 5.41) is 4.34. The Kier molecular flexibility index (Phi) is 5.59. The van der Waals surface area contributed by atoms with E-state index in [-0.39, 0.29) is 6.04 Å². The van der Waals surface area contributed by atoms with E-state index in [1.165, 1.54) is 0 Å². The zero-order chi connectivity index (χ0) is 15.2. The zero-order valence-electron chi connectivity index (χ0n) is 12.7. The second-order valence-electron chi connectivity index (χ2n) is 5.01. The normalized spacial score (nSPS) is 12.2. The van der Waals surface area contributed by atoms with Crippen molar-refractivity contribution in [3.05, 3.63) is 58.4 Å². The number of aryl methyl sites for hydroxylation is 1. The lowest BCUT2D eigenvalue weighted by molar-refractivity contribution is 0.402. The summed E-state index contributed by atoms with van der Waals surface area (Å²) in [7, 11) is 1.67. The molecule has 0 saturated heterocycles. The summed E-state index contributed by atoms with van der Waals surface area (Å²) in [5.74, 6) is 0.780. The molecule has 3 nitrogen and oxygen atoms in total. The van der Waals surface area contributed by atoms with Crippen LogP contribution in [0.5, 0.6) is 5.75 Å². The van der Waals surface area contributed by atoms with Crippen LogP contribution in [0.3, 0.4) is 0 Å². The Morgan fingerprint density at radius 1 is 1.33 bits per heavy atom. The van der Waals surface area contributed by atoms with Gasteiger partial charge in [-0.3, -0.25) is 4.98 Å². The van der Waals surface area contributed by atoms with Crippen LogP contribution in [0.1, 0.15) is 36.1 Å². The molecule has 1 aromatic carbocycles. The van der Waals surface area contributed by atoms with Crippen LogP contribution in [0, 0.1) is 6.92 Å². The van der Waals surface area contributed by atoms with Gasteiger partial charge in [-0.2, -0.15) is 0 Å². The Bertz CT molecular complexity index is 601. The van der Waals surface area contributed by atoms with Crippen LogP contribution in [0.2, 0.25) is 5.02 Å². The highest BCUT2D eigenvalue weighted by molar-refractivity contribution is 6.31. The predicted octanol–water partition coefficient (Wildman–Crippen LogP) is 4.14. The lowest BCUT2D eigenvalue weighted by Gasteiger charge is -2.22. The Labute approximate surface area is 131 Å². The van der Waals surface area contributed by atoms with Crippen molar-refractivity contribution in [2.75, 3.05) is 13.7 Å². The summed E-state index contributed by atoms with van der Waals surface area (Å²) in [6.07, 6.45) is 4.59. The van der Waals surface area contributed by atoms with Gasteiger partial charge < -0.3 is 10.1 Å². The van der Waals surface area contributed by atoms with Crippen LogP contribution in [0.4, 0.5) is 0 Å². The van der Waals surface area contributed by atoms with E-state index < -0.39 is 0 Å². The fourth-order valence-corrected chi connectivity index (χ4v) is 2.47. The van der Waals surface area contributed by atoms with Gasteiger partial charge in [0, 0.05) is 16.8 Å². The summed E-state index contributed by atoms with van der Waals surface area (Å²) in [5.41, 5.74) is 3.28. The first-order chi connectivity index (χ1) is 10.2. The van der Waals surface area contributed by atoms with Crippen molar-refractivity contribution < 1.29 is 4.74 Å². The van der Waals surface area contributed by atoms with Crippen molar-refractivity contribution in [1.29, 1.82) is 0 Å². The fraction of sp³-hybridized carbons (Fsp3) is 0.353. The van der Waals surface area contributed by atoms with Gasteiger partial charge in [0.2, 0.25) is 0 Å². The van der Waals surface area contributed by atoms with Crippen LogP contribution >= 0.6 is 11.6 Å². The Morgan fingerprint density at radius 2 is 2.14 bits per heavy atom. The van der Waals surface area contributed by atoms with E-state index in [2.05, 4.69) is 23.3 Å².